The lowest BCUT2D eigenvalue weighted by atomic mass is 10.2. The molecule has 0 aliphatic carbocycles. The second-order valence-electron chi connectivity index (χ2n) is 2.41. The molecule has 0 aromatic carbocycles. The smallest absolute Gasteiger partial charge is 0.143 e. The lowest BCUT2D eigenvalue weighted by molar-refractivity contribution is 0.377. The van der Waals surface area contributed by atoms with Crippen molar-refractivity contribution in [3.8, 4) is 5.75 Å². The van der Waals surface area contributed by atoms with Gasteiger partial charge < -0.3 is 9.47 Å². The molecule has 0 radical (unpaired) electrons. The molecular weight excluding hydrogens is 142 g/mol. The number of hydrogen-bond acceptors (Lipinski definition) is 3. The number of ether oxygens (including phenoxy) is 2. The van der Waals surface area contributed by atoms with Gasteiger partial charge in [-0.15, -0.1) is 0 Å². The number of rotatable bonds is 2. The topological polar surface area (TPSA) is 34.6 Å². The minimum atomic E-state index is 0.172. The highest BCUT2D eigenvalue weighted by Crippen LogP contribution is 2.33. The highest BCUT2D eigenvalue weighted by atomic mass is 16.6. The summed E-state index contributed by atoms with van der Waals surface area (Å²) in [4.78, 5) is 4.16. The molecule has 1 aliphatic heterocycles. The van der Waals surface area contributed by atoms with Crippen molar-refractivity contribution in [2.75, 3.05) is 13.7 Å². The van der Waals surface area contributed by atoms with E-state index in [-0.39, 0.29) is 6.10 Å². The molecular formula is C8H9NO2. The number of epoxide rings is 1. The fourth-order valence-electron chi connectivity index (χ4n) is 1.02. The van der Waals surface area contributed by atoms with Crippen LogP contribution in [0.25, 0.3) is 0 Å². The van der Waals surface area contributed by atoms with Gasteiger partial charge in [-0.05, 0) is 12.1 Å². The Morgan fingerprint density at radius 1 is 1.73 bits per heavy atom. The van der Waals surface area contributed by atoms with Gasteiger partial charge in [0.1, 0.15) is 17.5 Å². The molecule has 3 nitrogen and oxygen atoms in total. The first-order valence-corrected chi connectivity index (χ1v) is 3.52. The summed E-state index contributed by atoms with van der Waals surface area (Å²) in [7, 11) is 1.64. The van der Waals surface area contributed by atoms with Crippen LogP contribution in [0.4, 0.5) is 0 Å². The lowest BCUT2D eigenvalue weighted by Gasteiger charge is -2.02. The monoisotopic (exact) mass is 151 g/mol. The van der Waals surface area contributed by atoms with Crippen LogP contribution in [0.2, 0.25) is 0 Å². The molecule has 0 bridgehead atoms. The van der Waals surface area contributed by atoms with E-state index in [2.05, 4.69) is 4.98 Å². The number of pyridine rings is 1. The van der Waals surface area contributed by atoms with Crippen molar-refractivity contribution in [2.24, 2.45) is 0 Å². The van der Waals surface area contributed by atoms with Crippen molar-refractivity contribution in [2.45, 2.75) is 6.10 Å². The van der Waals surface area contributed by atoms with Gasteiger partial charge in [-0.1, -0.05) is 0 Å². The minimum absolute atomic E-state index is 0.172. The van der Waals surface area contributed by atoms with Crippen LogP contribution in [0.5, 0.6) is 5.75 Å². The minimum Gasteiger partial charge on any atom is -0.495 e. The average Bonchev–Trinajstić information content (AvgIpc) is 2.87. The highest BCUT2D eigenvalue weighted by molar-refractivity contribution is 5.30. The van der Waals surface area contributed by atoms with E-state index >= 15 is 0 Å². The zero-order valence-corrected chi connectivity index (χ0v) is 6.28. The molecule has 0 amide bonds. The van der Waals surface area contributed by atoms with E-state index in [1.165, 1.54) is 0 Å². The highest BCUT2D eigenvalue weighted by Gasteiger charge is 2.29. The van der Waals surface area contributed by atoms with Crippen LogP contribution < -0.4 is 4.74 Å². The quantitative estimate of drug-likeness (QED) is 0.595. The van der Waals surface area contributed by atoms with Gasteiger partial charge in [-0.2, -0.15) is 0 Å². The van der Waals surface area contributed by atoms with Gasteiger partial charge in [0.05, 0.1) is 13.7 Å². The number of methoxy groups -OCH3 is 1. The summed E-state index contributed by atoms with van der Waals surface area (Å²) in [6.45, 7) is 0.771. The number of hydrogen-bond donors (Lipinski definition) is 0. The molecule has 3 heteroatoms. The molecule has 0 spiro atoms. The normalized spacial score (nSPS) is 21.4. The van der Waals surface area contributed by atoms with Crippen molar-refractivity contribution < 1.29 is 9.47 Å². The van der Waals surface area contributed by atoms with E-state index in [9.17, 15) is 0 Å². The number of nitrogens with zero attached hydrogens (tertiary/aromatic N) is 1. The first kappa shape index (κ1) is 6.61. The third kappa shape index (κ3) is 1.19. The zero-order chi connectivity index (χ0) is 7.68. The Bertz CT molecular complexity index is 258. The van der Waals surface area contributed by atoms with Crippen LogP contribution in [-0.4, -0.2) is 18.7 Å². The van der Waals surface area contributed by atoms with Crippen LogP contribution in [0.15, 0.2) is 18.3 Å². The molecule has 1 aromatic rings. The predicted octanol–water partition coefficient (Wildman–Crippen LogP) is 1.16. The Morgan fingerprint density at radius 2 is 2.55 bits per heavy atom. The maximum Gasteiger partial charge on any atom is 0.143 e. The second kappa shape index (κ2) is 2.51. The largest absolute Gasteiger partial charge is 0.495 e. The van der Waals surface area contributed by atoms with Gasteiger partial charge in [0.25, 0.3) is 0 Å². The maximum absolute atomic E-state index is 5.10. The van der Waals surface area contributed by atoms with Gasteiger partial charge in [0.2, 0.25) is 0 Å². The summed E-state index contributed by atoms with van der Waals surface area (Å²) in [5.41, 5.74) is 0.912. The first-order valence-electron chi connectivity index (χ1n) is 3.52. The van der Waals surface area contributed by atoms with Gasteiger partial charge in [-0.3, -0.25) is 4.98 Å². The van der Waals surface area contributed by atoms with E-state index in [4.69, 9.17) is 9.47 Å². The van der Waals surface area contributed by atoms with Crippen molar-refractivity contribution >= 4 is 0 Å². The van der Waals surface area contributed by atoms with Crippen molar-refractivity contribution in [3.63, 3.8) is 0 Å². The van der Waals surface area contributed by atoms with Gasteiger partial charge in [0, 0.05) is 6.20 Å². The first-order chi connectivity index (χ1) is 5.42. The van der Waals surface area contributed by atoms with E-state index < -0.39 is 0 Å². The van der Waals surface area contributed by atoms with Gasteiger partial charge >= 0.3 is 0 Å². The third-order valence-corrected chi connectivity index (χ3v) is 1.66. The van der Waals surface area contributed by atoms with Crippen LogP contribution in [0.1, 0.15) is 11.8 Å². The van der Waals surface area contributed by atoms with Crippen LogP contribution >= 0.6 is 0 Å². The molecule has 1 aromatic heterocycles. The molecule has 1 aliphatic rings. The molecule has 1 fully saturated rings. The zero-order valence-electron chi connectivity index (χ0n) is 6.28. The number of aromatic nitrogens is 1. The van der Waals surface area contributed by atoms with E-state index in [1.54, 1.807) is 13.3 Å². The van der Waals surface area contributed by atoms with E-state index in [1.807, 2.05) is 12.1 Å². The molecule has 11 heavy (non-hydrogen) atoms. The summed E-state index contributed by atoms with van der Waals surface area (Å²) < 4.78 is 10.2. The summed E-state index contributed by atoms with van der Waals surface area (Å²) >= 11 is 0. The van der Waals surface area contributed by atoms with E-state index in [0.717, 1.165) is 18.1 Å². The fourth-order valence-corrected chi connectivity index (χ4v) is 1.02. The Morgan fingerprint density at radius 3 is 3.18 bits per heavy atom. The Hall–Kier alpha value is -1.09. The lowest BCUT2D eigenvalue weighted by Crippen LogP contribution is -1.92. The summed E-state index contributed by atoms with van der Waals surface area (Å²) in [5.74, 6) is 0.815. The maximum atomic E-state index is 5.10. The molecule has 2 heterocycles. The molecule has 0 saturated carbocycles. The third-order valence-electron chi connectivity index (χ3n) is 1.66. The van der Waals surface area contributed by atoms with Crippen LogP contribution in [0, 0.1) is 0 Å². The predicted molar refractivity (Wildman–Crippen MR) is 39.5 cm³/mol. The molecule has 2 rings (SSSR count). The second-order valence-corrected chi connectivity index (χ2v) is 2.41. The van der Waals surface area contributed by atoms with Crippen molar-refractivity contribution in [1.29, 1.82) is 0 Å². The Labute approximate surface area is 65.0 Å². The Balaban J connectivity index is 2.34. The SMILES string of the molecule is COc1cccnc1C1CO1. The van der Waals surface area contributed by atoms with Crippen LogP contribution in [0.3, 0.4) is 0 Å². The van der Waals surface area contributed by atoms with Crippen molar-refractivity contribution in [1.82, 2.24) is 4.98 Å². The van der Waals surface area contributed by atoms with E-state index in [0.29, 0.717) is 0 Å². The molecule has 58 valence electrons. The Kier molecular flexibility index (Phi) is 1.51. The molecule has 1 saturated heterocycles. The summed E-state index contributed by atoms with van der Waals surface area (Å²) in [5, 5.41) is 0. The molecule has 0 N–H and O–H groups in total. The summed E-state index contributed by atoms with van der Waals surface area (Å²) in [6.07, 6.45) is 1.92. The van der Waals surface area contributed by atoms with Gasteiger partial charge in [0.15, 0.2) is 0 Å². The molecule has 1 unspecified atom stereocenters. The van der Waals surface area contributed by atoms with Crippen LogP contribution in [-0.2, 0) is 4.74 Å². The fraction of sp³-hybridized carbons (Fsp3) is 0.375. The van der Waals surface area contributed by atoms with Gasteiger partial charge in [-0.25, -0.2) is 0 Å². The van der Waals surface area contributed by atoms with Crippen molar-refractivity contribution in [3.05, 3.63) is 24.0 Å². The summed E-state index contributed by atoms with van der Waals surface area (Å²) in [6, 6.07) is 3.74. The average molecular weight is 151 g/mol. The molecule has 1 atom stereocenters. The standard InChI is InChI=1S/C8H9NO2/c1-10-6-3-2-4-9-8(6)7-5-11-7/h2-4,7H,5H2,1H3.